The maximum absolute atomic E-state index is 12.2. The van der Waals surface area contributed by atoms with Gasteiger partial charge in [0.2, 0.25) is 0 Å². The van der Waals surface area contributed by atoms with E-state index in [4.69, 9.17) is 4.74 Å². The van der Waals surface area contributed by atoms with E-state index < -0.39 is 40.9 Å². The van der Waals surface area contributed by atoms with E-state index in [9.17, 15) is 29.7 Å². The van der Waals surface area contributed by atoms with E-state index in [0.29, 0.717) is 0 Å². The number of halogens is 3. The molecule has 0 aliphatic carbocycles. The van der Waals surface area contributed by atoms with Crippen LogP contribution in [0.15, 0.2) is 25.1 Å². The first-order chi connectivity index (χ1) is 12.6. The number of hydrogen-bond donors (Lipinski definition) is 3. The minimum Gasteiger partial charge on any atom is -0.503 e. The molecule has 0 aliphatic heterocycles. The van der Waals surface area contributed by atoms with Crippen LogP contribution < -0.4 is 0 Å². The molecule has 0 amide bonds. The first-order valence-electron chi connectivity index (χ1n) is 7.33. The molecule has 0 radical (unpaired) electrons. The molecule has 0 saturated heterocycles. The van der Waals surface area contributed by atoms with Crippen molar-refractivity contribution < 1.29 is 39.2 Å². The number of hydrogen-bond acceptors (Lipinski definition) is 7. The molecular weight excluding hydrogens is 560 g/mol. The number of phenolic OH excluding ortho intramolecular Hbond substituents is 2. The predicted octanol–water partition coefficient (Wildman–Crippen LogP) is 3.29. The Morgan fingerprint density at radius 2 is 1.63 bits per heavy atom. The summed E-state index contributed by atoms with van der Waals surface area (Å²) < 4.78 is 9.71. The molecule has 0 aromatic heterocycles. The van der Waals surface area contributed by atoms with Gasteiger partial charge in [0.25, 0.3) is 0 Å². The Hall–Kier alpha value is -1.59. The van der Waals surface area contributed by atoms with Crippen LogP contribution in [0.25, 0.3) is 0 Å². The quantitative estimate of drug-likeness (QED) is 0.196. The van der Waals surface area contributed by atoms with E-state index in [2.05, 4.69) is 52.5 Å². The third-order valence-corrected chi connectivity index (χ3v) is 6.46. The molecule has 27 heavy (non-hydrogen) atoms. The number of esters is 2. The lowest BCUT2D eigenvalue weighted by Gasteiger charge is -2.19. The lowest BCUT2D eigenvalue weighted by Crippen LogP contribution is -2.26. The molecule has 0 bridgehead atoms. The lowest BCUT2D eigenvalue weighted by molar-refractivity contribution is -0.146. The first kappa shape index (κ1) is 23.4. The second kappa shape index (κ2) is 10.1. The van der Waals surface area contributed by atoms with Gasteiger partial charge in [-0.3, -0.25) is 4.79 Å². The second-order valence-corrected chi connectivity index (χ2v) is 7.43. The molecule has 0 spiro atoms. The third kappa shape index (κ3) is 5.45. The molecule has 1 atom stereocenters. The summed E-state index contributed by atoms with van der Waals surface area (Å²) in [5, 5.41) is 29.4. The Balaban J connectivity index is 3.53. The smallest absolute Gasteiger partial charge is 0.335 e. The lowest BCUT2D eigenvalue weighted by atomic mass is 9.91. The summed E-state index contributed by atoms with van der Waals surface area (Å²) in [5.74, 6) is -5.77. The van der Waals surface area contributed by atoms with Gasteiger partial charge in [-0.2, -0.15) is 0 Å². The number of carbonyl (C=O) groups excluding carboxylic acids is 2. The van der Waals surface area contributed by atoms with E-state index in [1.807, 2.05) is 0 Å². The van der Waals surface area contributed by atoms with Gasteiger partial charge in [0.15, 0.2) is 11.5 Å². The molecule has 1 aromatic rings. The fourth-order valence-corrected chi connectivity index (χ4v) is 3.89. The van der Waals surface area contributed by atoms with Crippen LogP contribution in [0.4, 0.5) is 0 Å². The molecule has 0 aliphatic rings. The number of benzene rings is 1. The van der Waals surface area contributed by atoms with Crippen molar-refractivity contribution in [2.45, 2.75) is 13.3 Å². The summed E-state index contributed by atoms with van der Waals surface area (Å²) >= 11 is 9.38. The van der Waals surface area contributed by atoms with Gasteiger partial charge >= 0.3 is 17.9 Å². The summed E-state index contributed by atoms with van der Waals surface area (Å²) in [7, 11) is 1.08. The van der Waals surface area contributed by atoms with Gasteiger partial charge in [-0.25, -0.2) is 9.59 Å². The molecule has 8 nitrogen and oxygen atoms in total. The van der Waals surface area contributed by atoms with Crippen molar-refractivity contribution in [2.75, 3.05) is 13.7 Å². The highest BCUT2D eigenvalue weighted by molar-refractivity contribution is 9.13. The van der Waals surface area contributed by atoms with Crippen LogP contribution in [-0.4, -0.2) is 46.9 Å². The number of phenols is 2. The number of methoxy groups -OCH3 is 1. The number of carboxylic acids is 1. The Labute approximate surface area is 179 Å². The van der Waals surface area contributed by atoms with Gasteiger partial charge in [-0.15, -0.1) is 0 Å². The van der Waals surface area contributed by atoms with Gasteiger partial charge in [-0.1, -0.05) is 0 Å². The minimum atomic E-state index is -1.49. The largest absolute Gasteiger partial charge is 0.503 e. The molecule has 148 valence electrons. The average Bonchev–Trinajstić information content (AvgIpc) is 2.63. The zero-order valence-corrected chi connectivity index (χ0v) is 18.8. The first-order valence-corrected chi connectivity index (χ1v) is 9.71. The number of aromatic hydroxyl groups is 2. The molecule has 0 heterocycles. The van der Waals surface area contributed by atoms with Crippen LogP contribution in [0.5, 0.6) is 11.5 Å². The summed E-state index contributed by atoms with van der Waals surface area (Å²) in [6.07, 6.45) is 0.443. The minimum absolute atomic E-state index is 0.0252. The van der Waals surface area contributed by atoms with E-state index in [1.54, 1.807) is 0 Å². The summed E-state index contributed by atoms with van der Waals surface area (Å²) in [4.78, 5) is 35.6. The zero-order valence-electron chi connectivity index (χ0n) is 14.1. The molecule has 3 N–H and O–H groups in total. The van der Waals surface area contributed by atoms with Gasteiger partial charge in [0.1, 0.15) is 0 Å². The molecular formula is C16H15Br3O8. The zero-order chi connectivity index (χ0) is 20.9. The Morgan fingerprint density at radius 3 is 2.11 bits per heavy atom. The van der Waals surface area contributed by atoms with Crippen LogP contribution in [0.3, 0.4) is 0 Å². The summed E-state index contributed by atoms with van der Waals surface area (Å²) in [6.45, 7) is 1.51. The van der Waals surface area contributed by atoms with Crippen molar-refractivity contribution in [3.63, 3.8) is 0 Å². The van der Waals surface area contributed by atoms with Crippen molar-refractivity contribution in [1.82, 2.24) is 0 Å². The highest BCUT2D eigenvalue weighted by Crippen LogP contribution is 2.47. The normalized spacial score (nSPS) is 12.4. The molecule has 0 fully saturated rings. The fraction of sp³-hybridized carbons (Fsp3) is 0.312. The van der Waals surface area contributed by atoms with Crippen LogP contribution in [0, 0.1) is 5.92 Å². The van der Waals surface area contributed by atoms with Crippen molar-refractivity contribution in [1.29, 1.82) is 0 Å². The van der Waals surface area contributed by atoms with E-state index in [1.165, 1.54) is 6.92 Å². The monoisotopic (exact) mass is 572 g/mol. The number of carboxylic acid groups (broad SMARTS) is 1. The topological polar surface area (TPSA) is 130 Å². The number of aliphatic carboxylic acids is 1. The van der Waals surface area contributed by atoms with Crippen LogP contribution >= 0.6 is 47.8 Å². The molecule has 1 aromatic carbocycles. The standard InChI is InChI=1S/C16H15Br3O8/c1-3-27-16(25)7(5-9(20)26-2)6(15(23)24)4-8-10(17)12(19)14(22)13(21)11(8)18/h5-6,21-22H,3-4H2,1-2H3,(H,23,24)/b7-5+. The maximum Gasteiger partial charge on any atom is 0.335 e. The Morgan fingerprint density at radius 1 is 1.07 bits per heavy atom. The average molecular weight is 575 g/mol. The number of carbonyl (C=O) groups is 3. The third-order valence-electron chi connectivity index (χ3n) is 3.43. The second-order valence-electron chi connectivity index (χ2n) is 5.06. The van der Waals surface area contributed by atoms with E-state index in [0.717, 1.165) is 13.2 Å². The van der Waals surface area contributed by atoms with Crippen LogP contribution in [0.2, 0.25) is 0 Å². The maximum atomic E-state index is 12.2. The van der Waals surface area contributed by atoms with E-state index >= 15 is 0 Å². The van der Waals surface area contributed by atoms with Crippen LogP contribution in [-0.2, 0) is 30.3 Å². The van der Waals surface area contributed by atoms with Crippen molar-refractivity contribution in [3.8, 4) is 11.5 Å². The molecule has 11 heteroatoms. The Kier molecular flexibility index (Phi) is 8.76. The Bertz CT molecular complexity index is 774. The highest BCUT2D eigenvalue weighted by Gasteiger charge is 2.32. The molecule has 1 unspecified atom stereocenters. The van der Waals surface area contributed by atoms with Gasteiger partial charge < -0.3 is 24.8 Å². The fourth-order valence-electron chi connectivity index (χ4n) is 2.10. The summed E-state index contributed by atoms with van der Waals surface area (Å²) in [5.41, 5.74) is -0.177. The van der Waals surface area contributed by atoms with Gasteiger partial charge in [0.05, 0.1) is 34.2 Å². The van der Waals surface area contributed by atoms with Crippen molar-refractivity contribution in [2.24, 2.45) is 5.92 Å². The van der Waals surface area contributed by atoms with Crippen molar-refractivity contribution >= 4 is 65.7 Å². The van der Waals surface area contributed by atoms with Gasteiger partial charge in [-0.05, 0) is 66.7 Å². The SMILES string of the molecule is CCOC(=O)/C(=C/C(=O)OC)C(Cc1c(Br)c(O)c(O)c(Br)c1Br)C(=O)O. The number of ether oxygens (including phenoxy) is 2. The van der Waals surface area contributed by atoms with Crippen LogP contribution in [0.1, 0.15) is 12.5 Å². The van der Waals surface area contributed by atoms with Crippen molar-refractivity contribution in [3.05, 3.63) is 30.6 Å². The van der Waals surface area contributed by atoms with E-state index in [-0.39, 0.29) is 32.0 Å². The highest BCUT2D eigenvalue weighted by atomic mass is 79.9. The molecule has 0 saturated carbocycles. The van der Waals surface area contributed by atoms with Gasteiger partial charge in [0, 0.05) is 10.5 Å². The predicted molar refractivity (Wildman–Crippen MR) is 104 cm³/mol. The summed E-state index contributed by atoms with van der Waals surface area (Å²) in [6, 6.07) is 0. The molecule has 1 rings (SSSR count). The number of rotatable bonds is 7.